The van der Waals surface area contributed by atoms with Gasteiger partial charge < -0.3 is 10.0 Å². The lowest BCUT2D eigenvalue weighted by atomic mass is 9.88. The topological polar surface area (TPSA) is 40.5 Å². The van der Waals surface area contributed by atoms with Gasteiger partial charge in [0.2, 0.25) is 0 Å². The maximum absolute atomic E-state index is 10.9. The smallest absolute Gasteiger partial charge is 0.303 e. The van der Waals surface area contributed by atoms with Crippen molar-refractivity contribution in [3.8, 4) is 0 Å². The zero-order valence-corrected chi connectivity index (χ0v) is 13.3. The monoisotopic (exact) mass is 337 g/mol. The number of rotatable bonds is 3. The highest BCUT2D eigenvalue weighted by Crippen LogP contribution is 2.43. The molecule has 2 aliphatic rings. The largest absolute Gasteiger partial charge is 0.481 e. The van der Waals surface area contributed by atoms with Gasteiger partial charge in [-0.1, -0.05) is 22.0 Å². The number of aliphatic carboxylic acids is 1. The Morgan fingerprint density at radius 2 is 2.00 bits per heavy atom. The van der Waals surface area contributed by atoms with Crippen molar-refractivity contribution in [1.82, 2.24) is 0 Å². The summed E-state index contributed by atoms with van der Waals surface area (Å²) in [6.45, 7) is 2.10. The van der Waals surface area contributed by atoms with E-state index in [0.29, 0.717) is 24.4 Å². The Bertz CT molecular complexity index is 517. The van der Waals surface area contributed by atoms with E-state index >= 15 is 0 Å². The second kappa shape index (κ2) is 5.40. The van der Waals surface area contributed by atoms with Gasteiger partial charge in [-0.05, 0) is 56.2 Å². The Hall–Kier alpha value is -1.03. The van der Waals surface area contributed by atoms with Crippen LogP contribution in [-0.2, 0) is 4.79 Å². The molecule has 0 amide bonds. The van der Waals surface area contributed by atoms with Crippen LogP contribution in [0.2, 0.25) is 0 Å². The molecule has 0 aromatic heterocycles. The average Bonchev–Trinajstić information content (AvgIpc) is 2.64. The Morgan fingerprint density at radius 1 is 1.35 bits per heavy atom. The molecule has 1 aromatic rings. The second-order valence-electron chi connectivity index (χ2n) is 6.16. The van der Waals surface area contributed by atoms with E-state index < -0.39 is 5.97 Å². The van der Waals surface area contributed by atoms with Crippen LogP contribution in [0.25, 0.3) is 0 Å². The Kier molecular flexibility index (Phi) is 3.76. The van der Waals surface area contributed by atoms with E-state index in [1.54, 1.807) is 0 Å². The molecule has 0 aliphatic carbocycles. The molecule has 3 rings (SSSR count). The molecule has 20 heavy (non-hydrogen) atoms. The van der Waals surface area contributed by atoms with Gasteiger partial charge in [0.05, 0.1) is 0 Å². The lowest BCUT2D eigenvalue weighted by molar-refractivity contribution is -0.138. The third-order valence-electron chi connectivity index (χ3n) is 4.75. The molecule has 2 unspecified atom stereocenters. The molecule has 2 saturated heterocycles. The molecule has 0 spiro atoms. The zero-order chi connectivity index (χ0) is 14.3. The number of nitrogens with zero attached hydrogens (tertiary/aromatic N) is 1. The minimum atomic E-state index is -0.652. The average molecular weight is 338 g/mol. The van der Waals surface area contributed by atoms with Crippen molar-refractivity contribution in [3.63, 3.8) is 0 Å². The van der Waals surface area contributed by atoms with Crippen molar-refractivity contribution in [1.29, 1.82) is 0 Å². The van der Waals surface area contributed by atoms with Crippen LogP contribution in [0, 0.1) is 12.8 Å². The SMILES string of the molecule is Cc1ccc(N2C3CCC2CC(CC(=O)O)C3)cc1Br. The lowest BCUT2D eigenvalue weighted by Crippen LogP contribution is -2.43. The molecule has 1 N–H and O–H groups in total. The highest BCUT2D eigenvalue weighted by Gasteiger charge is 2.41. The maximum Gasteiger partial charge on any atom is 0.303 e. The van der Waals surface area contributed by atoms with Crippen LogP contribution in [0.1, 0.15) is 37.7 Å². The van der Waals surface area contributed by atoms with Crippen LogP contribution in [0.4, 0.5) is 5.69 Å². The highest BCUT2D eigenvalue weighted by atomic mass is 79.9. The number of anilines is 1. The number of hydrogen-bond acceptors (Lipinski definition) is 2. The maximum atomic E-state index is 10.9. The summed E-state index contributed by atoms with van der Waals surface area (Å²) < 4.78 is 1.15. The summed E-state index contributed by atoms with van der Waals surface area (Å²) in [5.74, 6) is -0.295. The number of carbonyl (C=O) groups is 1. The van der Waals surface area contributed by atoms with Crippen molar-refractivity contribution in [2.75, 3.05) is 4.90 Å². The first kappa shape index (κ1) is 13.9. The molecule has 0 saturated carbocycles. The van der Waals surface area contributed by atoms with Crippen molar-refractivity contribution in [2.24, 2.45) is 5.92 Å². The molecule has 2 bridgehead atoms. The van der Waals surface area contributed by atoms with E-state index in [-0.39, 0.29) is 0 Å². The van der Waals surface area contributed by atoms with Gasteiger partial charge in [0.15, 0.2) is 0 Å². The molecule has 2 fully saturated rings. The standard InChI is InChI=1S/C16H20BrNO2/c1-10-2-3-14(9-15(10)17)18-12-4-5-13(18)7-11(6-12)8-16(19)20/h2-3,9,11-13H,4-8H2,1H3,(H,19,20). The molecule has 2 atom stereocenters. The molecule has 1 aromatic carbocycles. The summed E-state index contributed by atoms with van der Waals surface area (Å²) in [5.41, 5.74) is 2.53. The van der Waals surface area contributed by atoms with E-state index in [2.05, 4.69) is 46.0 Å². The van der Waals surface area contributed by atoms with Gasteiger partial charge in [-0.2, -0.15) is 0 Å². The van der Waals surface area contributed by atoms with E-state index in [1.807, 2.05) is 0 Å². The number of benzene rings is 1. The number of hydrogen-bond donors (Lipinski definition) is 1. The van der Waals surface area contributed by atoms with Crippen LogP contribution in [-0.4, -0.2) is 23.2 Å². The van der Waals surface area contributed by atoms with Gasteiger partial charge in [0, 0.05) is 28.7 Å². The summed E-state index contributed by atoms with van der Waals surface area (Å²) in [6.07, 6.45) is 4.78. The molecule has 2 aliphatic heterocycles. The van der Waals surface area contributed by atoms with Gasteiger partial charge >= 0.3 is 5.97 Å². The van der Waals surface area contributed by atoms with Crippen molar-refractivity contribution >= 4 is 27.6 Å². The van der Waals surface area contributed by atoms with Gasteiger partial charge in [0.25, 0.3) is 0 Å². The summed E-state index contributed by atoms with van der Waals surface area (Å²) >= 11 is 3.61. The zero-order valence-electron chi connectivity index (χ0n) is 11.7. The van der Waals surface area contributed by atoms with Crippen molar-refractivity contribution < 1.29 is 9.90 Å². The molecule has 3 nitrogen and oxygen atoms in total. The first-order chi connectivity index (χ1) is 9.54. The van der Waals surface area contributed by atoms with Crippen LogP contribution in [0.5, 0.6) is 0 Å². The number of fused-ring (bicyclic) bond motifs is 2. The molecular formula is C16H20BrNO2. The Labute approximate surface area is 128 Å². The third-order valence-corrected chi connectivity index (χ3v) is 5.60. The number of halogens is 1. The van der Waals surface area contributed by atoms with Gasteiger partial charge in [-0.25, -0.2) is 0 Å². The molecular weight excluding hydrogens is 318 g/mol. The number of carboxylic acid groups (broad SMARTS) is 1. The van der Waals surface area contributed by atoms with Crippen LogP contribution in [0.3, 0.4) is 0 Å². The second-order valence-corrected chi connectivity index (χ2v) is 7.02. The predicted octanol–water partition coefficient (Wildman–Crippen LogP) is 3.98. The molecule has 0 radical (unpaired) electrons. The van der Waals surface area contributed by atoms with Crippen LogP contribution >= 0.6 is 15.9 Å². The summed E-state index contributed by atoms with van der Waals surface area (Å²) in [6, 6.07) is 7.60. The minimum Gasteiger partial charge on any atom is -0.481 e. The highest BCUT2D eigenvalue weighted by molar-refractivity contribution is 9.10. The van der Waals surface area contributed by atoms with Crippen molar-refractivity contribution in [3.05, 3.63) is 28.2 Å². The fourth-order valence-electron chi connectivity index (χ4n) is 3.87. The van der Waals surface area contributed by atoms with Gasteiger partial charge in [-0.3, -0.25) is 4.79 Å². The first-order valence-corrected chi connectivity index (χ1v) is 8.10. The number of carboxylic acids is 1. The fourth-order valence-corrected chi connectivity index (χ4v) is 4.23. The van der Waals surface area contributed by atoms with E-state index in [0.717, 1.165) is 17.3 Å². The van der Waals surface area contributed by atoms with E-state index in [4.69, 9.17) is 5.11 Å². The molecule has 108 valence electrons. The van der Waals surface area contributed by atoms with E-state index in [9.17, 15) is 4.79 Å². The lowest BCUT2D eigenvalue weighted by Gasteiger charge is -2.40. The molecule has 4 heteroatoms. The predicted molar refractivity (Wildman–Crippen MR) is 83.1 cm³/mol. The van der Waals surface area contributed by atoms with Gasteiger partial charge in [0.1, 0.15) is 0 Å². The summed E-state index contributed by atoms with van der Waals surface area (Å²) in [7, 11) is 0. The van der Waals surface area contributed by atoms with E-state index in [1.165, 1.54) is 24.1 Å². The third kappa shape index (κ3) is 2.58. The summed E-state index contributed by atoms with van der Waals surface area (Å²) in [5, 5.41) is 8.99. The van der Waals surface area contributed by atoms with Crippen molar-refractivity contribution in [2.45, 2.75) is 51.1 Å². The quantitative estimate of drug-likeness (QED) is 0.906. The van der Waals surface area contributed by atoms with Crippen LogP contribution in [0.15, 0.2) is 22.7 Å². The summed E-state index contributed by atoms with van der Waals surface area (Å²) in [4.78, 5) is 13.4. The minimum absolute atomic E-state index is 0.332. The Morgan fingerprint density at radius 3 is 2.55 bits per heavy atom. The normalized spacial score (nSPS) is 28.7. The van der Waals surface area contributed by atoms with Crippen LogP contribution < -0.4 is 4.90 Å². The number of piperidine rings is 1. The Balaban J connectivity index is 1.79. The molecule has 2 heterocycles. The first-order valence-electron chi connectivity index (χ1n) is 7.31. The van der Waals surface area contributed by atoms with Gasteiger partial charge in [-0.15, -0.1) is 0 Å². The fraction of sp³-hybridized carbons (Fsp3) is 0.562. The number of aryl methyl sites for hydroxylation is 1.